The van der Waals surface area contributed by atoms with Gasteiger partial charge in [-0.3, -0.25) is 9.59 Å². The summed E-state index contributed by atoms with van der Waals surface area (Å²) in [6.07, 6.45) is 4.10. The third kappa shape index (κ3) is 3.61. The SMILES string of the molecule is NC(=O)C1N(C(=O)CCc2nc3ccc(Cl)cc3[nH]2)CCCC12CCOCC2. The number of carbonyl (C=O) groups is 2. The maximum absolute atomic E-state index is 13.0. The molecule has 2 saturated heterocycles. The zero-order valence-electron chi connectivity index (χ0n) is 15.7. The van der Waals surface area contributed by atoms with E-state index in [4.69, 9.17) is 22.1 Å². The van der Waals surface area contributed by atoms with Crippen LogP contribution in [0.5, 0.6) is 0 Å². The van der Waals surface area contributed by atoms with Gasteiger partial charge in [-0.25, -0.2) is 4.98 Å². The third-order valence-electron chi connectivity index (χ3n) is 6.11. The molecule has 0 aliphatic carbocycles. The van der Waals surface area contributed by atoms with Crippen molar-refractivity contribution in [1.82, 2.24) is 14.9 Å². The summed E-state index contributed by atoms with van der Waals surface area (Å²) in [6, 6.07) is 4.91. The van der Waals surface area contributed by atoms with Crippen LogP contribution in [0.2, 0.25) is 5.02 Å². The van der Waals surface area contributed by atoms with Crippen molar-refractivity contribution in [2.75, 3.05) is 19.8 Å². The number of aryl methyl sites for hydroxylation is 1. The van der Waals surface area contributed by atoms with Crippen LogP contribution in [0, 0.1) is 5.41 Å². The Balaban J connectivity index is 1.48. The summed E-state index contributed by atoms with van der Waals surface area (Å²) in [5, 5.41) is 0.637. The fraction of sp³-hybridized carbons (Fsp3) is 0.550. The van der Waals surface area contributed by atoms with E-state index in [2.05, 4.69) is 9.97 Å². The van der Waals surface area contributed by atoms with Gasteiger partial charge in [-0.15, -0.1) is 0 Å². The third-order valence-corrected chi connectivity index (χ3v) is 6.35. The van der Waals surface area contributed by atoms with Gasteiger partial charge in [-0.1, -0.05) is 11.6 Å². The Hall–Kier alpha value is -2.12. The van der Waals surface area contributed by atoms with Gasteiger partial charge in [-0.05, 0) is 43.9 Å². The average molecular weight is 405 g/mol. The summed E-state index contributed by atoms with van der Waals surface area (Å²) in [7, 11) is 0. The lowest BCUT2D eigenvalue weighted by Gasteiger charge is -2.50. The summed E-state index contributed by atoms with van der Waals surface area (Å²) in [5.41, 5.74) is 7.20. The van der Waals surface area contributed by atoms with E-state index in [1.54, 1.807) is 11.0 Å². The molecule has 0 radical (unpaired) electrons. The molecular formula is C20H25ClN4O3. The van der Waals surface area contributed by atoms with Crippen molar-refractivity contribution in [2.45, 2.75) is 44.6 Å². The quantitative estimate of drug-likeness (QED) is 0.816. The number of aromatic amines is 1. The van der Waals surface area contributed by atoms with Crippen molar-refractivity contribution >= 4 is 34.4 Å². The lowest BCUT2D eigenvalue weighted by Crippen LogP contribution is -2.61. The number of imidazole rings is 1. The molecule has 28 heavy (non-hydrogen) atoms. The molecule has 1 aromatic carbocycles. The number of hydrogen-bond acceptors (Lipinski definition) is 4. The molecule has 2 aliphatic rings. The molecule has 2 amide bonds. The minimum absolute atomic E-state index is 0.0483. The second kappa shape index (κ2) is 7.72. The van der Waals surface area contributed by atoms with Crippen LogP contribution in [-0.4, -0.2) is 52.5 Å². The van der Waals surface area contributed by atoms with Crippen LogP contribution in [0.15, 0.2) is 18.2 Å². The maximum atomic E-state index is 13.0. The Bertz CT molecular complexity index is 885. The summed E-state index contributed by atoms with van der Waals surface area (Å²) in [4.78, 5) is 34.8. The number of hydrogen-bond donors (Lipinski definition) is 2. The van der Waals surface area contributed by atoms with Gasteiger partial charge in [0.1, 0.15) is 11.9 Å². The highest BCUT2D eigenvalue weighted by Crippen LogP contribution is 2.44. The number of piperidine rings is 1. The van der Waals surface area contributed by atoms with E-state index in [0.717, 1.165) is 42.5 Å². The molecule has 1 aromatic heterocycles. The number of aromatic nitrogens is 2. The normalized spacial score (nSPS) is 21.9. The number of nitrogens with zero attached hydrogens (tertiary/aromatic N) is 2. The van der Waals surface area contributed by atoms with Gasteiger partial charge < -0.3 is 20.4 Å². The van der Waals surface area contributed by atoms with Gasteiger partial charge in [0.05, 0.1) is 11.0 Å². The van der Waals surface area contributed by atoms with E-state index >= 15 is 0 Å². The van der Waals surface area contributed by atoms with Crippen LogP contribution >= 0.6 is 11.6 Å². The Kier molecular flexibility index (Phi) is 5.29. The smallest absolute Gasteiger partial charge is 0.240 e. The fourth-order valence-corrected chi connectivity index (χ4v) is 4.92. The number of primary amides is 1. The van der Waals surface area contributed by atoms with E-state index in [0.29, 0.717) is 31.2 Å². The van der Waals surface area contributed by atoms with Gasteiger partial charge in [0.2, 0.25) is 11.8 Å². The minimum Gasteiger partial charge on any atom is -0.381 e. The number of rotatable bonds is 4. The van der Waals surface area contributed by atoms with Gasteiger partial charge in [0.15, 0.2) is 0 Å². The first-order valence-electron chi connectivity index (χ1n) is 9.79. The van der Waals surface area contributed by atoms with Crippen LogP contribution < -0.4 is 5.73 Å². The number of amides is 2. The van der Waals surface area contributed by atoms with Gasteiger partial charge in [0.25, 0.3) is 0 Å². The molecule has 2 aliphatic heterocycles. The first kappa shape index (κ1) is 19.2. The highest BCUT2D eigenvalue weighted by molar-refractivity contribution is 6.31. The lowest BCUT2D eigenvalue weighted by molar-refractivity contribution is -0.153. The number of fused-ring (bicyclic) bond motifs is 1. The summed E-state index contributed by atoms with van der Waals surface area (Å²) >= 11 is 6.01. The van der Waals surface area contributed by atoms with Crippen molar-refractivity contribution in [1.29, 1.82) is 0 Å². The molecule has 150 valence electrons. The number of carbonyl (C=O) groups excluding carboxylic acids is 2. The molecule has 3 heterocycles. The fourth-order valence-electron chi connectivity index (χ4n) is 4.75. The van der Waals surface area contributed by atoms with Gasteiger partial charge in [-0.2, -0.15) is 0 Å². The second-order valence-electron chi connectivity index (χ2n) is 7.82. The minimum atomic E-state index is -0.549. The zero-order chi connectivity index (χ0) is 19.7. The summed E-state index contributed by atoms with van der Waals surface area (Å²) < 4.78 is 5.49. The molecule has 0 bridgehead atoms. The van der Waals surface area contributed by atoms with Crippen molar-refractivity contribution in [3.63, 3.8) is 0 Å². The molecule has 8 heteroatoms. The molecular weight excluding hydrogens is 380 g/mol. The summed E-state index contributed by atoms with van der Waals surface area (Å²) in [6.45, 7) is 1.81. The standard InChI is InChI=1S/C20H25ClN4O3/c21-13-2-3-14-15(12-13)24-16(23-14)4-5-17(26)25-9-1-6-20(18(25)19(22)27)7-10-28-11-8-20/h2-3,12,18H,1,4-11H2,(H2,22,27)(H,23,24). The van der Waals surface area contributed by atoms with Gasteiger partial charge in [0, 0.05) is 43.0 Å². The highest BCUT2D eigenvalue weighted by Gasteiger charge is 2.49. The molecule has 3 N–H and O–H groups in total. The topological polar surface area (TPSA) is 101 Å². The van der Waals surface area contributed by atoms with Gasteiger partial charge >= 0.3 is 0 Å². The lowest BCUT2D eigenvalue weighted by atomic mass is 9.67. The largest absolute Gasteiger partial charge is 0.381 e. The Morgan fingerprint density at radius 1 is 1.32 bits per heavy atom. The number of likely N-dealkylation sites (tertiary alicyclic amines) is 1. The molecule has 2 aromatic rings. The van der Waals surface area contributed by atoms with Crippen LogP contribution in [0.3, 0.4) is 0 Å². The number of ether oxygens (including phenoxy) is 1. The van der Waals surface area contributed by atoms with E-state index in [-0.39, 0.29) is 17.7 Å². The van der Waals surface area contributed by atoms with Crippen molar-refractivity contribution in [3.05, 3.63) is 29.0 Å². The Morgan fingerprint density at radius 2 is 2.11 bits per heavy atom. The predicted molar refractivity (Wildman–Crippen MR) is 106 cm³/mol. The molecule has 4 rings (SSSR count). The zero-order valence-corrected chi connectivity index (χ0v) is 16.5. The van der Waals surface area contributed by atoms with Crippen molar-refractivity contribution < 1.29 is 14.3 Å². The van der Waals surface area contributed by atoms with Crippen molar-refractivity contribution in [2.24, 2.45) is 11.1 Å². The maximum Gasteiger partial charge on any atom is 0.240 e. The number of halogens is 1. The predicted octanol–water partition coefficient (Wildman–Crippen LogP) is 2.42. The number of nitrogens with one attached hydrogen (secondary N) is 1. The first-order valence-corrected chi connectivity index (χ1v) is 10.2. The van der Waals surface area contributed by atoms with Crippen LogP contribution in [0.4, 0.5) is 0 Å². The monoisotopic (exact) mass is 404 g/mol. The molecule has 1 atom stereocenters. The Morgan fingerprint density at radius 3 is 2.86 bits per heavy atom. The second-order valence-corrected chi connectivity index (χ2v) is 8.25. The molecule has 7 nitrogen and oxygen atoms in total. The number of nitrogens with two attached hydrogens (primary N) is 1. The van der Waals surface area contributed by atoms with E-state index in [9.17, 15) is 9.59 Å². The van der Waals surface area contributed by atoms with Crippen LogP contribution in [0.1, 0.15) is 37.9 Å². The number of H-pyrrole nitrogens is 1. The molecule has 2 fully saturated rings. The van der Waals surface area contributed by atoms with E-state index in [1.165, 1.54) is 0 Å². The average Bonchev–Trinajstić information content (AvgIpc) is 3.08. The van der Waals surface area contributed by atoms with E-state index < -0.39 is 11.9 Å². The molecule has 1 spiro atoms. The highest BCUT2D eigenvalue weighted by atomic mass is 35.5. The molecule has 0 saturated carbocycles. The first-order chi connectivity index (χ1) is 13.5. The summed E-state index contributed by atoms with van der Waals surface area (Å²) in [5.74, 6) is 0.278. The molecule has 1 unspecified atom stereocenters. The van der Waals surface area contributed by atoms with Crippen LogP contribution in [-0.2, 0) is 20.7 Å². The number of benzene rings is 1. The Labute approximate surface area is 168 Å². The van der Waals surface area contributed by atoms with Crippen LogP contribution in [0.25, 0.3) is 11.0 Å². The van der Waals surface area contributed by atoms with E-state index in [1.807, 2.05) is 12.1 Å². The van der Waals surface area contributed by atoms with Crippen molar-refractivity contribution in [3.8, 4) is 0 Å².